The largest absolute Gasteiger partial charge is 0.497 e. The van der Waals surface area contributed by atoms with Crippen LogP contribution < -0.4 is 14.8 Å². The lowest BCUT2D eigenvalue weighted by atomic mass is 10.1. The summed E-state index contributed by atoms with van der Waals surface area (Å²) in [6.07, 6.45) is 0. The summed E-state index contributed by atoms with van der Waals surface area (Å²) in [6, 6.07) is 9.70. The smallest absolute Gasteiger partial charge is 0.256 e. The van der Waals surface area contributed by atoms with Crippen LogP contribution in [0.2, 0.25) is 0 Å². The molecule has 0 spiro atoms. The first-order valence-electron chi connectivity index (χ1n) is 9.59. The van der Waals surface area contributed by atoms with E-state index in [1.165, 1.54) is 24.6 Å². The summed E-state index contributed by atoms with van der Waals surface area (Å²) in [4.78, 5) is 15.2. The van der Waals surface area contributed by atoms with E-state index in [-0.39, 0.29) is 10.5 Å². The van der Waals surface area contributed by atoms with Crippen LogP contribution in [0.5, 0.6) is 11.5 Å². The molecule has 0 radical (unpaired) electrons. The minimum Gasteiger partial charge on any atom is -0.497 e. The number of hydrogen-bond donors (Lipinski definition) is 1. The molecule has 0 aliphatic carbocycles. The van der Waals surface area contributed by atoms with Crippen LogP contribution in [0.3, 0.4) is 0 Å². The van der Waals surface area contributed by atoms with Crippen molar-refractivity contribution in [2.75, 3.05) is 52.8 Å². The summed E-state index contributed by atoms with van der Waals surface area (Å²) in [5.74, 6) is 0.617. The van der Waals surface area contributed by atoms with Crippen molar-refractivity contribution in [3.8, 4) is 11.5 Å². The summed E-state index contributed by atoms with van der Waals surface area (Å²) in [7, 11) is 1.33. The molecule has 0 unspecified atom stereocenters. The number of likely N-dealkylation sites (N-methyl/N-ethyl adjacent to an activating group) is 1. The van der Waals surface area contributed by atoms with Gasteiger partial charge in [0.1, 0.15) is 11.5 Å². The SMILES string of the molecule is COc1ccc(OC)c(NC(=O)c2cc(S(=O)(=O)N3CCN(C)CC3)ccc2C)c1. The molecule has 1 aliphatic heterocycles. The van der Waals surface area contributed by atoms with Crippen LogP contribution in [-0.2, 0) is 10.0 Å². The van der Waals surface area contributed by atoms with Crippen molar-refractivity contribution in [3.63, 3.8) is 0 Å². The molecule has 2 aromatic rings. The van der Waals surface area contributed by atoms with Crippen LogP contribution in [0.1, 0.15) is 15.9 Å². The van der Waals surface area contributed by atoms with E-state index >= 15 is 0 Å². The molecular weight excluding hydrogens is 406 g/mol. The molecule has 1 amide bonds. The molecule has 1 saturated heterocycles. The van der Waals surface area contributed by atoms with Crippen molar-refractivity contribution in [2.24, 2.45) is 0 Å². The summed E-state index contributed by atoms with van der Waals surface area (Å²) in [6.45, 7) is 3.97. The van der Waals surface area contributed by atoms with Gasteiger partial charge in [-0.1, -0.05) is 6.07 Å². The Hall–Kier alpha value is -2.62. The third-order valence-corrected chi connectivity index (χ3v) is 7.10. The van der Waals surface area contributed by atoms with Gasteiger partial charge in [-0.05, 0) is 43.8 Å². The van der Waals surface area contributed by atoms with Gasteiger partial charge in [-0.3, -0.25) is 4.79 Å². The maximum Gasteiger partial charge on any atom is 0.256 e. The van der Waals surface area contributed by atoms with Crippen molar-refractivity contribution < 1.29 is 22.7 Å². The first kappa shape index (κ1) is 22.1. The Kier molecular flexibility index (Phi) is 6.64. The quantitative estimate of drug-likeness (QED) is 0.752. The highest BCUT2D eigenvalue weighted by atomic mass is 32.2. The Labute approximate surface area is 177 Å². The molecule has 30 heavy (non-hydrogen) atoms. The third kappa shape index (κ3) is 4.58. The molecule has 0 atom stereocenters. The molecule has 162 valence electrons. The highest BCUT2D eigenvalue weighted by molar-refractivity contribution is 7.89. The van der Waals surface area contributed by atoms with E-state index < -0.39 is 15.9 Å². The van der Waals surface area contributed by atoms with Gasteiger partial charge >= 0.3 is 0 Å². The lowest BCUT2D eigenvalue weighted by Gasteiger charge is -2.31. The maximum absolute atomic E-state index is 13.1. The molecule has 1 aliphatic rings. The van der Waals surface area contributed by atoms with Crippen LogP contribution in [-0.4, -0.2) is 71.0 Å². The Bertz CT molecular complexity index is 1030. The second-order valence-corrected chi connectivity index (χ2v) is 9.14. The summed E-state index contributed by atoms with van der Waals surface area (Å²) < 4.78 is 38.1. The van der Waals surface area contributed by atoms with Gasteiger partial charge in [0.15, 0.2) is 0 Å². The fraction of sp³-hybridized carbons (Fsp3) is 0.381. The minimum atomic E-state index is -3.67. The standard InChI is InChI=1S/C21H27N3O5S/c1-15-5-7-17(30(26,27)24-11-9-23(2)10-12-24)14-18(15)21(25)22-19-13-16(28-3)6-8-20(19)29-4/h5-8,13-14H,9-12H2,1-4H3,(H,22,25). The van der Waals surface area contributed by atoms with Crippen molar-refractivity contribution in [1.82, 2.24) is 9.21 Å². The number of aryl methyl sites for hydroxylation is 1. The Morgan fingerprint density at radius 3 is 2.33 bits per heavy atom. The van der Waals surface area contributed by atoms with Gasteiger partial charge in [0.2, 0.25) is 10.0 Å². The van der Waals surface area contributed by atoms with E-state index in [1.807, 2.05) is 7.05 Å². The molecule has 0 saturated carbocycles. The van der Waals surface area contributed by atoms with Crippen molar-refractivity contribution >= 4 is 21.6 Å². The lowest BCUT2D eigenvalue weighted by Crippen LogP contribution is -2.47. The second-order valence-electron chi connectivity index (χ2n) is 7.20. The molecule has 1 heterocycles. The summed E-state index contributed by atoms with van der Waals surface area (Å²) in [5, 5.41) is 2.80. The van der Waals surface area contributed by atoms with E-state index in [9.17, 15) is 13.2 Å². The molecule has 2 aromatic carbocycles. The average Bonchev–Trinajstić information content (AvgIpc) is 2.74. The minimum absolute atomic E-state index is 0.111. The average molecular weight is 434 g/mol. The summed E-state index contributed by atoms with van der Waals surface area (Å²) >= 11 is 0. The first-order valence-corrected chi connectivity index (χ1v) is 11.0. The van der Waals surface area contributed by atoms with Gasteiger partial charge in [0, 0.05) is 37.8 Å². The molecular formula is C21H27N3O5S. The zero-order chi connectivity index (χ0) is 21.9. The number of carbonyl (C=O) groups excluding carboxylic acids is 1. The van der Waals surface area contributed by atoms with Crippen LogP contribution >= 0.6 is 0 Å². The topological polar surface area (TPSA) is 88.2 Å². The number of sulfonamides is 1. The molecule has 3 rings (SSSR count). The van der Waals surface area contributed by atoms with Crippen LogP contribution in [0.15, 0.2) is 41.3 Å². The zero-order valence-electron chi connectivity index (χ0n) is 17.6. The van der Waals surface area contributed by atoms with Crippen molar-refractivity contribution in [1.29, 1.82) is 0 Å². The number of nitrogens with zero attached hydrogens (tertiary/aromatic N) is 2. The van der Waals surface area contributed by atoms with Gasteiger partial charge in [0.25, 0.3) is 5.91 Å². The number of hydrogen-bond acceptors (Lipinski definition) is 6. The molecule has 0 aromatic heterocycles. The Morgan fingerprint density at radius 2 is 1.70 bits per heavy atom. The maximum atomic E-state index is 13.1. The summed E-state index contributed by atoms with van der Waals surface area (Å²) in [5.41, 5.74) is 1.40. The molecule has 9 heteroatoms. The lowest BCUT2D eigenvalue weighted by molar-refractivity contribution is 0.102. The molecule has 0 bridgehead atoms. The van der Waals surface area contributed by atoms with Gasteiger partial charge in [-0.15, -0.1) is 0 Å². The van der Waals surface area contributed by atoms with E-state index in [1.54, 1.807) is 37.3 Å². The monoisotopic (exact) mass is 433 g/mol. The molecule has 8 nitrogen and oxygen atoms in total. The van der Waals surface area contributed by atoms with Crippen LogP contribution in [0.25, 0.3) is 0 Å². The van der Waals surface area contributed by atoms with Gasteiger partial charge in [-0.25, -0.2) is 8.42 Å². The van der Waals surface area contributed by atoms with Crippen LogP contribution in [0.4, 0.5) is 5.69 Å². The number of piperazine rings is 1. The number of nitrogens with one attached hydrogen (secondary N) is 1. The number of benzene rings is 2. The number of anilines is 1. The van der Waals surface area contributed by atoms with Gasteiger partial charge in [-0.2, -0.15) is 4.31 Å². The zero-order valence-corrected chi connectivity index (χ0v) is 18.5. The van der Waals surface area contributed by atoms with E-state index in [0.29, 0.717) is 48.9 Å². The van der Waals surface area contributed by atoms with E-state index in [0.717, 1.165) is 0 Å². The van der Waals surface area contributed by atoms with E-state index in [2.05, 4.69) is 10.2 Å². The van der Waals surface area contributed by atoms with Gasteiger partial charge in [0.05, 0.1) is 24.8 Å². The molecule has 1 fully saturated rings. The third-order valence-electron chi connectivity index (χ3n) is 5.21. The van der Waals surface area contributed by atoms with Crippen molar-refractivity contribution in [3.05, 3.63) is 47.5 Å². The number of carbonyl (C=O) groups is 1. The van der Waals surface area contributed by atoms with Gasteiger partial charge < -0.3 is 19.7 Å². The number of amides is 1. The fourth-order valence-corrected chi connectivity index (χ4v) is 4.73. The highest BCUT2D eigenvalue weighted by Gasteiger charge is 2.28. The Balaban J connectivity index is 1.89. The molecule has 1 N–H and O–H groups in total. The number of methoxy groups -OCH3 is 2. The van der Waals surface area contributed by atoms with Crippen LogP contribution in [0, 0.1) is 6.92 Å². The van der Waals surface area contributed by atoms with Crippen molar-refractivity contribution in [2.45, 2.75) is 11.8 Å². The number of ether oxygens (including phenoxy) is 2. The predicted octanol–water partition coefficient (Wildman–Crippen LogP) is 2.20. The highest BCUT2D eigenvalue weighted by Crippen LogP contribution is 2.30. The second kappa shape index (κ2) is 9.03. The fourth-order valence-electron chi connectivity index (χ4n) is 3.29. The first-order chi connectivity index (χ1) is 14.3. The van der Waals surface area contributed by atoms with E-state index in [4.69, 9.17) is 9.47 Å². The number of rotatable bonds is 6. The normalized spacial score (nSPS) is 15.6. The Morgan fingerprint density at radius 1 is 1.00 bits per heavy atom. The predicted molar refractivity (Wildman–Crippen MR) is 115 cm³/mol.